The molecule has 0 aromatic heterocycles. The summed E-state index contributed by atoms with van der Waals surface area (Å²) in [4.78, 5) is 7.34. The van der Waals surface area contributed by atoms with Crippen molar-refractivity contribution in [3.63, 3.8) is 0 Å². The van der Waals surface area contributed by atoms with Crippen molar-refractivity contribution >= 4 is 5.91 Å². The molecule has 21 heteroatoms. The van der Waals surface area contributed by atoms with E-state index in [-0.39, 0.29) is 35.0 Å². The summed E-state index contributed by atoms with van der Waals surface area (Å²) < 4.78 is 218. The van der Waals surface area contributed by atoms with Gasteiger partial charge >= 0.3 is 47.8 Å². The summed E-state index contributed by atoms with van der Waals surface area (Å²) in [6, 6.07) is -23.9. The Bertz CT molecular complexity index is 795. The molecule has 1 rings (SSSR count). The highest BCUT2D eigenvalue weighted by molar-refractivity contribution is 5.87. The van der Waals surface area contributed by atoms with E-state index >= 15 is 0 Å². The highest BCUT2D eigenvalue weighted by atomic mass is 127. The number of carbonyl (C=O) groups excluding carboxylic acids is 1. The number of nitrogens with zero attached hydrogens (tertiary/aromatic N) is 2. The van der Waals surface area contributed by atoms with Crippen LogP contribution in [-0.2, 0) is 4.79 Å². The first kappa shape index (κ1) is 35.0. The van der Waals surface area contributed by atoms with Crippen LogP contribution >= 0.6 is 0 Å². The Labute approximate surface area is 208 Å². The molecule has 1 heterocycles. The van der Waals surface area contributed by atoms with Crippen molar-refractivity contribution in [2.24, 2.45) is 0 Å². The normalized spacial score (nSPS) is 24.9. The Morgan fingerprint density at radius 3 is 1.42 bits per heavy atom. The van der Waals surface area contributed by atoms with Gasteiger partial charge in [-0.3, -0.25) is 4.79 Å². The Morgan fingerprint density at radius 2 is 1.11 bits per heavy atom. The highest BCUT2D eigenvalue weighted by Gasteiger charge is 3.00. The maximum atomic E-state index is 14.6. The van der Waals surface area contributed by atoms with Gasteiger partial charge in [0.15, 0.2) is 0 Å². The first-order valence-corrected chi connectivity index (χ1v) is 8.91. The lowest BCUT2D eigenvalue weighted by Gasteiger charge is -2.54. The van der Waals surface area contributed by atoms with Crippen molar-refractivity contribution in [1.29, 1.82) is 0 Å². The fraction of sp³-hybridized carbons (Fsp3) is 0.933. The molecular formula is C15H16F16IN3O. The predicted octanol–water partition coefficient (Wildman–Crippen LogP) is 1.47. The van der Waals surface area contributed by atoms with E-state index in [1.54, 1.807) is 0 Å². The molecule has 1 unspecified atom stereocenters. The lowest BCUT2D eigenvalue weighted by Crippen LogP contribution is -3.00. The third-order valence-corrected chi connectivity index (χ3v) is 4.80. The first-order chi connectivity index (χ1) is 15.0. The molecule has 36 heavy (non-hydrogen) atoms. The van der Waals surface area contributed by atoms with E-state index in [1.807, 2.05) is 0 Å². The van der Waals surface area contributed by atoms with Crippen LogP contribution in [0.1, 0.15) is 6.42 Å². The summed E-state index contributed by atoms with van der Waals surface area (Å²) in [5.74, 6) is -27.4. The van der Waals surface area contributed by atoms with Crippen LogP contribution in [0.15, 0.2) is 0 Å². The van der Waals surface area contributed by atoms with Crippen LogP contribution in [0.25, 0.3) is 0 Å². The summed E-state index contributed by atoms with van der Waals surface area (Å²) in [6.07, 6.45) is -7.94. The zero-order chi connectivity index (χ0) is 28.5. The molecule has 0 spiro atoms. The minimum absolute atomic E-state index is 0. The van der Waals surface area contributed by atoms with E-state index < -0.39 is 71.5 Å². The van der Waals surface area contributed by atoms with Crippen molar-refractivity contribution in [1.82, 2.24) is 10.2 Å². The molecule has 0 aliphatic carbocycles. The largest absolute Gasteiger partial charge is 1.00 e. The Balaban J connectivity index is 0.0000122. The van der Waals surface area contributed by atoms with Gasteiger partial charge < -0.3 is 33.8 Å². The first-order valence-electron chi connectivity index (χ1n) is 8.91. The molecule has 1 aliphatic rings. The van der Waals surface area contributed by atoms with Crippen molar-refractivity contribution in [2.45, 2.75) is 54.2 Å². The number of hydrogen-bond acceptors (Lipinski definition) is 2. The van der Waals surface area contributed by atoms with Crippen LogP contribution in [0.2, 0.25) is 0 Å². The molecule has 1 amide bonds. The SMILES string of the molecule is C[N+](C)(C)CCCNC(=O)C(F)(C(F)(F)F)C(F)(F)N1C(F)(F)C(F)(F)C(F)(F)C(F)(F)C1(F)F.[I-]. The fourth-order valence-electron chi connectivity index (χ4n) is 2.85. The van der Waals surface area contributed by atoms with Crippen LogP contribution in [0.4, 0.5) is 70.2 Å². The summed E-state index contributed by atoms with van der Waals surface area (Å²) >= 11 is 0. The topological polar surface area (TPSA) is 32.3 Å². The van der Waals surface area contributed by atoms with Crippen LogP contribution in [0, 0.1) is 0 Å². The van der Waals surface area contributed by atoms with Gasteiger partial charge in [0.05, 0.1) is 27.7 Å². The number of piperidine rings is 1. The third kappa shape index (κ3) is 4.68. The number of rotatable bonds is 7. The van der Waals surface area contributed by atoms with Gasteiger partial charge in [-0.15, -0.1) is 4.90 Å². The van der Waals surface area contributed by atoms with E-state index in [9.17, 15) is 75.0 Å². The average molecular weight is 685 g/mol. The number of alkyl halides is 16. The quantitative estimate of drug-likeness (QED) is 0.145. The summed E-state index contributed by atoms with van der Waals surface area (Å²) in [5, 5.41) is 0.796. The predicted molar refractivity (Wildman–Crippen MR) is 81.9 cm³/mol. The van der Waals surface area contributed by atoms with Crippen LogP contribution in [0.3, 0.4) is 0 Å². The molecule has 0 aromatic rings. The summed E-state index contributed by atoms with van der Waals surface area (Å²) in [5.41, 5.74) is -7.33. The van der Waals surface area contributed by atoms with Gasteiger partial charge in [-0.05, 0) is 0 Å². The lowest BCUT2D eigenvalue weighted by atomic mass is 9.89. The monoisotopic (exact) mass is 685 g/mol. The smallest absolute Gasteiger partial charge is 0.439 e. The standard InChI is InChI=1S/C15H15F16N3O.HI/c1-34(2,3)6-4-5-32-7(35)8(16,12(23,24)25)13(26,27)33-14(28,29)10(19,20)9(17,18)11(21,22)15(33,30)31;/h4-6H2,1-3H3;1H. The average Bonchev–Trinajstić information content (AvgIpc) is 2.60. The fourth-order valence-corrected chi connectivity index (χ4v) is 2.85. The molecule has 1 N–H and O–H groups in total. The summed E-state index contributed by atoms with van der Waals surface area (Å²) in [6.45, 7) is -1.22. The van der Waals surface area contributed by atoms with Gasteiger partial charge in [0, 0.05) is 13.0 Å². The molecule has 1 saturated heterocycles. The molecule has 1 fully saturated rings. The molecule has 1 atom stereocenters. The molecule has 0 bridgehead atoms. The van der Waals surface area contributed by atoms with Gasteiger partial charge in [0.2, 0.25) is 0 Å². The number of quaternary nitrogens is 1. The van der Waals surface area contributed by atoms with E-state index in [4.69, 9.17) is 0 Å². The van der Waals surface area contributed by atoms with Crippen LogP contribution < -0.4 is 29.3 Å². The zero-order valence-electron chi connectivity index (χ0n) is 17.8. The molecule has 0 radical (unpaired) electrons. The third-order valence-electron chi connectivity index (χ3n) is 4.80. The van der Waals surface area contributed by atoms with Crippen molar-refractivity contribution in [3.05, 3.63) is 0 Å². The number of hydrogen-bond donors (Lipinski definition) is 1. The lowest BCUT2D eigenvalue weighted by molar-refractivity contribution is -0.870. The van der Waals surface area contributed by atoms with Gasteiger partial charge in [-0.25, -0.2) is 4.39 Å². The number of amides is 1. The van der Waals surface area contributed by atoms with Gasteiger partial charge in [0.25, 0.3) is 5.91 Å². The second kappa shape index (κ2) is 9.33. The van der Waals surface area contributed by atoms with E-state index in [1.165, 1.54) is 21.1 Å². The number of likely N-dealkylation sites (tertiary alicyclic amines) is 1. The molecule has 4 nitrogen and oxygen atoms in total. The van der Waals surface area contributed by atoms with E-state index in [0.29, 0.717) is 0 Å². The van der Waals surface area contributed by atoms with Crippen molar-refractivity contribution in [2.75, 3.05) is 34.2 Å². The van der Waals surface area contributed by atoms with Crippen LogP contribution in [-0.4, -0.2) is 97.3 Å². The summed E-state index contributed by atoms with van der Waals surface area (Å²) in [7, 11) is 4.38. The minimum Gasteiger partial charge on any atom is -1.00 e. The maximum Gasteiger partial charge on any atom is 0.439 e. The Morgan fingerprint density at radius 1 is 0.750 bits per heavy atom. The molecule has 1 aliphatic heterocycles. The van der Waals surface area contributed by atoms with Crippen molar-refractivity contribution < 1.29 is 104 Å². The highest BCUT2D eigenvalue weighted by Crippen LogP contribution is 2.68. The number of nitrogens with one attached hydrogen (secondary N) is 1. The van der Waals surface area contributed by atoms with Crippen LogP contribution in [0.5, 0.6) is 0 Å². The minimum atomic E-state index is -8.01. The van der Waals surface area contributed by atoms with Gasteiger partial charge in [-0.1, -0.05) is 0 Å². The van der Waals surface area contributed by atoms with E-state index in [0.717, 1.165) is 5.32 Å². The van der Waals surface area contributed by atoms with Crippen molar-refractivity contribution in [3.8, 4) is 0 Å². The maximum absolute atomic E-state index is 14.6. The molecular weight excluding hydrogens is 669 g/mol. The zero-order valence-corrected chi connectivity index (χ0v) is 20.0. The molecule has 216 valence electrons. The second-order valence-electron chi connectivity index (χ2n) is 8.46. The Hall–Kier alpha value is -1.00. The van der Waals surface area contributed by atoms with Gasteiger partial charge in [-0.2, -0.15) is 65.9 Å². The number of halogens is 17. The number of carbonyl (C=O) groups is 1. The molecule has 0 aromatic carbocycles. The van der Waals surface area contributed by atoms with E-state index in [2.05, 4.69) is 0 Å². The van der Waals surface area contributed by atoms with Gasteiger partial charge in [0.1, 0.15) is 0 Å². The second-order valence-corrected chi connectivity index (χ2v) is 8.46. The molecule has 0 saturated carbocycles. The Kier molecular flexibility index (Phi) is 9.07.